The molecule has 98 valence electrons. The van der Waals surface area contributed by atoms with Crippen LogP contribution in [0.5, 0.6) is 0 Å². The number of hydrogen-bond acceptors (Lipinski definition) is 5. The number of hydrogen-bond donors (Lipinski definition) is 1. The van der Waals surface area contributed by atoms with Crippen LogP contribution in [0.3, 0.4) is 0 Å². The Balaban J connectivity index is 2.18. The van der Waals surface area contributed by atoms with Crippen molar-refractivity contribution in [1.29, 1.82) is 0 Å². The van der Waals surface area contributed by atoms with Crippen LogP contribution in [0, 0.1) is 6.92 Å². The molecular weight excluding hydrogens is 316 g/mol. The number of nitrogen functional groups attached to an aromatic ring is 1. The first-order valence-corrected chi connectivity index (χ1v) is 7.31. The fourth-order valence-corrected chi connectivity index (χ4v) is 3.15. The van der Waals surface area contributed by atoms with Crippen molar-refractivity contribution in [1.82, 2.24) is 24.5 Å². The molecule has 0 saturated carbocycles. The van der Waals surface area contributed by atoms with E-state index in [1.165, 1.54) is 0 Å². The monoisotopic (exact) mass is 330 g/mol. The zero-order valence-electron chi connectivity index (χ0n) is 10.5. The molecule has 0 unspecified atom stereocenters. The maximum Gasteiger partial charge on any atom is 0.222 e. The summed E-state index contributed by atoms with van der Waals surface area (Å²) in [6, 6.07) is 0. The molecule has 0 atom stereocenters. The average Bonchev–Trinajstić information content (AvgIpc) is 2.81. The topological polar surface area (TPSA) is 74.6 Å². The van der Waals surface area contributed by atoms with Crippen LogP contribution in [0.1, 0.15) is 18.3 Å². The number of aromatic nitrogens is 5. The number of rotatable bonds is 4. The quantitative estimate of drug-likeness (QED) is 0.867. The molecule has 0 aliphatic carbocycles. The Labute approximate surface area is 118 Å². The molecule has 0 saturated heterocycles. The molecular formula is C10H15BrN6S. The largest absolute Gasteiger partial charge is 0.368 e. The lowest BCUT2D eigenvalue weighted by Gasteiger charge is -2.05. The van der Waals surface area contributed by atoms with Crippen LogP contribution in [-0.4, -0.2) is 24.5 Å². The molecule has 2 heterocycles. The van der Waals surface area contributed by atoms with Gasteiger partial charge in [0.2, 0.25) is 5.95 Å². The molecule has 2 aromatic rings. The van der Waals surface area contributed by atoms with Crippen LogP contribution in [0.2, 0.25) is 0 Å². The van der Waals surface area contributed by atoms with Gasteiger partial charge in [0, 0.05) is 19.3 Å². The molecule has 2 N–H and O–H groups in total. The van der Waals surface area contributed by atoms with Crippen molar-refractivity contribution in [2.45, 2.75) is 31.3 Å². The molecule has 0 bridgehead atoms. The van der Waals surface area contributed by atoms with Crippen LogP contribution < -0.4 is 5.73 Å². The molecule has 8 heteroatoms. The number of thioether (sulfide) groups is 1. The molecule has 2 aromatic heterocycles. The summed E-state index contributed by atoms with van der Waals surface area (Å²) in [5.41, 5.74) is 7.81. The van der Waals surface area contributed by atoms with Gasteiger partial charge in [-0.1, -0.05) is 11.8 Å². The summed E-state index contributed by atoms with van der Waals surface area (Å²) in [5, 5.41) is 13.1. The highest BCUT2D eigenvalue weighted by atomic mass is 79.9. The lowest BCUT2D eigenvalue weighted by molar-refractivity contribution is 0.631. The molecule has 0 aliphatic rings. The van der Waals surface area contributed by atoms with Gasteiger partial charge < -0.3 is 5.73 Å². The zero-order valence-corrected chi connectivity index (χ0v) is 12.9. The Kier molecular flexibility index (Phi) is 3.96. The highest BCUT2D eigenvalue weighted by Gasteiger charge is 2.14. The normalized spacial score (nSPS) is 11.1. The third kappa shape index (κ3) is 2.39. The summed E-state index contributed by atoms with van der Waals surface area (Å²) in [7, 11) is 1.86. The first-order chi connectivity index (χ1) is 8.54. The van der Waals surface area contributed by atoms with Gasteiger partial charge in [0.05, 0.1) is 15.9 Å². The molecule has 0 radical (unpaired) electrons. The van der Waals surface area contributed by atoms with Crippen LogP contribution in [0.4, 0.5) is 5.95 Å². The van der Waals surface area contributed by atoms with Crippen molar-refractivity contribution in [3.8, 4) is 0 Å². The predicted octanol–water partition coefficient (Wildman–Crippen LogP) is 1.98. The van der Waals surface area contributed by atoms with Gasteiger partial charge in [-0.2, -0.15) is 5.10 Å². The standard InChI is InChI=1S/C10H15BrN6S/c1-4-17-7(8(11)6(2)15-17)5-18-10-14-13-9(12)16(10)3/h4-5H2,1-3H3,(H2,12,13). The second-order valence-electron chi connectivity index (χ2n) is 3.85. The van der Waals surface area contributed by atoms with Crippen molar-refractivity contribution < 1.29 is 0 Å². The average molecular weight is 331 g/mol. The van der Waals surface area contributed by atoms with Crippen molar-refractivity contribution in [2.24, 2.45) is 7.05 Å². The summed E-state index contributed by atoms with van der Waals surface area (Å²) in [6.45, 7) is 4.92. The number of halogens is 1. The van der Waals surface area contributed by atoms with Crippen molar-refractivity contribution in [2.75, 3.05) is 5.73 Å². The Morgan fingerprint density at radius 3 is 2.67 bits per heavy atom. The number of nitrogens with two attached hydrogens (primary N) is 1. The van der Waals surface area contributed by atoms with Gasteiger partial charge in [0.15, 0.2) is 5.16 Å². The fraction of sp³-hybridized carbons (Fsp3) is 0.500. The number of aryl methyl sites for hydroxylation is 2. The lowest BCUT2D eigenvalue weighted by Crippen LogP contribution is -2.03. The van der Waals surface area contributed by atoms with Gasteiger partial charge in [0.25, 0.3) is 0 Å². The zero-order chi connectivity index (χ0) is 13.3. The van der Waals surface area contributed by atoms with E-state index in [-0.39, 0.29) is 0 Å². The Hall–Kier alpha value is -1.02. The summed E-state index contributed by atoms with van der Waals surface area (Å²) in [6.07, 6.45) is 0. The second kappa shape index (κ2) is 5.31. The molecule has 0 aliphatic heterocycles. The van der Waals surface area contributed by atoms with Crippen molar-refractivity contribution >= 4 is 33.6 Å². The van der Waals surface area contributed by atoms with E-state index in [1.54, 1.807) is 16.3 Å². The van der Waals surface area contributed by atoms with E-state index in [4.69, 9.17) is 5.73 Å². The van der Waals surface area contributed by atoms with Gasteiger partial charge >= 0.3 is 0 Å². The molecule has 18 heavy (non-hydrogen) atoms. The van der Waals surface area contributed by atoms with Crippen LogP contribution >= 0.6 is 27.7 Å². The second-order valence-corrected chi connectivity index (χ2v) is 5.59. The van der Waals surface area contributed by atoms with Crippen molar-refractivity contribution in [3.05, 3.63) is 15.9 Å². The summed E-state index contributed by atoms with van der Waals surface area (Å²) >= 11 is 5.17. The van der Waals surface area contributed by atoms with E-state index in [0.29, 0.717) is 5.95 Å². The van der Waals surface area contributed by atoms with E-state index < -0.39 is 0 Å². The maximum absolute atomic E-state index is 5.65. The minimum atomic E-state index is 0.428. The summed E-state index contributed by atoms with van der Waals surface area (Å²) < 4.78 is 4.83. The van der Waals surface area contributed by atoms with E-state index in [0.717, 1.165) is 33.3 Å². The molecule has 2 rings (SSSR count). The van der Waals surface area contributed by atoms with Gasteiger partial charge in [-0.25, -0.2) is 0 Å². The third-order valence-corrected chi connectivity index (χ3v) is 4.72. The number of anilines is 1. The third-order valence-electron chi connectivity index (χ3n) is 2.66. The summed E-state index contributed by atoms with van der Waals surface area (Å²) in [5.74, 6) is 1.21. The van der Waals surface area contributed by atoms with Gasteiger partial charge in [0.1, 0.15) is 0 Å². The molecule has 0 spiro atoms. The predicted molar refractivity (Wildman–Crippen MR) is 75.3 cm³/mol. The molecule has 0 amide bonds. The van der Waals surface area contributed by atoms with E-state index in [1.807, 2.05) is 18.7 Å². The van der Waals surface area contributed by atoms with Crippen LogP contribution in [-0.2, 0) is 19.3 Å². The summed E-state index contributed by atoms with van der Waals surface area (Å²) in [4.78, 5) is 0. The first kappa shape index (κ1) is 13.4. The fourth-order valence-electron chi connectivity index (χ4n) is 1.59. The van der Waals surface area contributed by atoms with Crippen LogP contribution in [0.25, 0.3) is 0 Å². The minimum absolute atomic E-state index is 0.428. The maximum atomic E-state index is 5.65. The van der Waals surface area contributed by atoms with Gasteiger partial charge in [-0.3, -0.25) is 9.25 Å². The minimum Gasteiger partial charge on any atom is -0.368 e. The molecule has 6 nitrogen and oxygen atoms in total. The Morgan fingerprint density at radius 2 is 2.11 bits per heavy atom. The SMILES string of the molecule is CCn1nc(C)c(Br)c1CSc1nnc(N)n1C. The molecule has 0 fully saturated rings. The van der Waals surface area contributed by atoms with Crippen molar-refractivity contribution in [3.63, 3.8) is 0 Å². The van der Waals surface area contributed by atoms with E-state index in [9.17, 15) is 0 Å². The molecule has 0 aromatic carbocycles. The highest BCUT2D eigenvalue weighted by Crippen LogP contribution is 2.28. The smallest absolute Gasteiger partial charge is 0.222 e. The van der Waals surface area contributed by atoms with E-state index >= 15 is 0 Å². The van der Waals surface area contributed by atoms with Crippen LogP contribution in [0.15, 0.2) is 9.63 Å². The van der Waals surface area contributed by atoms with Gasteiger partial charge in [-0.05, 0) is 29.8 Å². The van der Waals surface area contributed by atoms with E-state index in [2.05, 4.69) is 38.1 Å². The Morgan fingerprint density at radius 1 is 1.39 bits per heavy atom. The Bertz CT molecular complexity index is 561. The number of nitrogens with zero attached hydrogens (tertiary/aromatic N) is 5. The first-order valence-electron chi connectivity index (χ1n) is 5.54. The van der Waals surface area contributed by atoms with Gasteiger partial charge in [-0.15, -0.1) is 10.2 Å². The lowest BCUT2D eigenvalue weighted by atomic mass is 10.4. The highest BCUT2D eigenvalue weighted by molar-refractivity contribution is 9.10.